The Balaban J connectivity index is 1.59. The Labute approximate surface area is 130 Å². The highest BCUT2D eigenvalue weighted by Crippen LogP contribution is 2.39. The van der Waals surface area contributed by atoms with E-state index in [0.717, 1.165) is 19.3 Å². The van der Waals surface area contributed by atoms with Gasteiger partial charge >= 0.3 is 5.97 Å². The third kappa shape index (κ3) is 2.52. The van der Waals surface area contributed by atoms with E-state index in [-0.39, 0.29) is 17.8 Å². The van der Waals surface area contributed by atoms with Crippen molar-refractivity contribution < 1.29 is 18.7 Å². The van der Waals surface area contributed by atoms with Gasteiger partial charge in [-0.2, -0.15) is 0 Å². The lowest BCUT2D eigenvalue weighted by Crippen LogP contribution is -2.60. The summed E-state index contributed by atoms with van der Waals surface area (Å²) in [5.74, 6) is 1.43. The van der Waals surface area contributed by atoms with E-state index in [1.807, 2.05) is 16.8 Å². The number of carbonyl (C=O) groups excluding carboxylic acids is 2. The second-order valence-corrected chi connectivity index (χ2v) is 6.24. The van der Waals surface area contributed by atoms with Gasteiger partial charge in [0.25, 0.3) is 0 Å². The first-order valence-electron chi connectivity index (χ1n) is 7.68. The summed E-state index contributed by atoms with van der Waals surface area (Å²) in [4.78, 5) is 27.6. The van der Waals surface area contributed by atoms with Crippen LogP contribution in [-0.2, 0) is 16.1 Å². The Kier molecular flexibility index (Phi) is 3.95. The molecular weight excluding hydrogens is 284 g/mol. The van der Waals surface area contributed by atoms with Crippen LogP contribution in [0.3, 0.4) is 0 Å². The van der Waals surface area contributed by atoms with E-state index in [2.05, 4.69) is 0 Å². The number of likely N-dealkylation sites (tertiary alicyclic amines) is 1. The molecule has 3 rings (SSSR count). The van der Waals surface area contributed by atoms with Crippen LogP contribution < -0.4 is 0 Å². The molecule has 2 atom stereocenters. The topological polar surface area (TPSA) is 63.0 Å². The summed E-state index contributed by atoms with van der Waals surface area (Å²) in [6.07, 6.45) is 3.32. The van der Waals surface area contributed by atoms with Crippen molar-refractivity contribution in [2.45, 2.75) is 38.8 Å². The van der Waals surface area contributed by atoms with Gasteiger partial charge in [0.1, 0.15) is 17.1 Å². The van der Waals surface area contributed by atoms with Crippen LogP contribution in [0.15, 0.2) is 10.5 Å². The van der Waals surface area contributed by atoms with Gasteiger partial charge in [-0.05, 0) is 32.9 Å². The fourth-order valence-electron chi connectivity index (χ4n) is 3.58. The van der Waals surface area contributed by atoms with E-state index in [1.165, 1.54) is 7.11 Å². The molecular formula is C16H22N2O4. The van der Waals surface area contributed by atoms with Crippen LogP contribution >= 0.6 is 0 Å². The van der Waals surface area contributed by atoms with Crippen molar-refractivity contribution in [1.29, 1.82) is 0 Å². The average molecular weight is 306 g/mol. The smallest absolute Gasteiger partial charge is 0.341 e. The van der Waals surface area contributed by atoms with Crippen molar-refractivity contribution in [2.75, 3.05) is 20.8 Å². The second kappa shape index (κ2) is 5.76. The average Bonchev–Trinajstić information content (AvgIpc) is 3.08. The minimum Gasteiger partial charge on any atom is -0.465 e. The number of amides is 1. The SMILES string of the molecule is COC(=O)c1cc(CN(C)CN2C(=O)[C@H]3CCC[C@H]32)oc1C. The van der Waals surface area contributed by atoms with Gasteiger partial charge in [0.15, 0.2) is 0 Å². The van der Waals surface area contributed by atoms with Crippen LogP contribution in [-0.4, -0.2) is 48.5 Å². The number of methoxy groups -OCH3 is 1. The molecule has 0 radical (unpaired) electrons. The number of hydrogen-bond acceptors (Lipinski definition) is 5. The fraction of sp³-hybridized carbons (Fsp3) is 0.625. The quantitative estimate of drug-likeness (QED) is 0.613. The first kappa shape index (κ1) is 15.1. The minimum atomic E-state index is -0.387. The summed E-state index contributed by atoms with van der Waals surface area (Å²) >= 11 is 0. The molecule has 2 fully saturated rings. The van der Waals surface area contributed by atoms with Gasteiger partial charge in [-0.25, -0.2) is 4.79 Å². The second-order valence-electron chi connectivity index (χ2n) is 6.24. The molecule has 1 aromatic rings. The van der Waals surface area contributed by atoms with Crippen molar-refractivity contribution in [2.24, 2.45) is 5.92 Å². The number of esters is 1. The summed E-state index contributed by atoms with van der Waals surface area (Å²) in [5.41, 5.74) is 0.460. The van der Waals surface area contributed by atoms with E-state index in [0.29, 0.717) is 36.3 Å². The number of aryl methyl sites for hydroxylation is 1. The summed E-state index contributed by atoms with van der Waals surface area (Å²) < 4.78 is 10.3. The minimum absolute atomic E-state index is 0.269. The molecule has 0 bridgehead atoms. The largest absolute Gasteiger partial charge is 0.465 e. The highest BCUT2D eigenvalue weighted by atomic mass is 16.5. The maximum atomic E-state index is 12.0. The van der Waals surface area contributed by atoms with Crippen molar-refractivity contribution in [3.63, 3.8) is 0 Å². The van der Waals surface area contributed by atoms with Crippen molar-refractivity contribution >= 4 is 11.9 Å². The molecule has 120 valence electrons. The third-order valence-electron chi connectivity index (χ3n) is 4.67. The Hall–Kier alpha value is -1.82. The fourth-order valence-corrected chi connectivity index (χ4v) is 3.58. The normalized spacial score (nSPS) is 23.6. The molecule has 2 aliphatic rings. The van der Waals surface area contributed by atoms with Crippen LogP contribution in [0.4, 0.5) is 0 Å². The third-order valence-corrected chi connectivity index (χ3v) is 4.67. The van der Waals surface area contributed by atoms with E-state index >= 15 is 0 Å². The Morgan fingerprint density at radius 1 is 1.50 bits per heavy atom. The zero-order valence-corrected chi connectivity index (χ0v) is 13.3. The lowest BCUT2D eigenvalue weighted by atomic mass is 9.91. The van der Waals surface area contributed by atoms with Crippen LogP contribution in [0, 0.1) is 12.8 Å². The van der Waals surface area contributed by atoms with Gasteiger partial charge in [0, 0.05) is 6.04 Å². The number of furan rings is 1. The standard InChI is InChI=1S/C16H22N2O4/c1-10-13(16(20)21-3)7-11(22-10)8-17(2)9-18-14-6-4-5-12(14)15(18)19/h7,12,14H,4-6,8-9H2,1-3H3/t12-,14+/m0/s1. The van der Waals surface area contributed by atoms with Crippen LogP contribution in [0.25, 0.3) is 0 Å². The molecule has 22 heavy (non-hydrogen) atoms. The molecule has 1 amide bonds. The zero-order chi connectivity index (χ0) is 15.9. The molecule has 1 aliphatic carbocycles. The van der Waals surface area contributed by atoms with Crippen LogP contribution in [0.5, 0.6) is 0 Å². The predicted octanol–water partition coefficient (Wildman–Crippen LogP) is 1.77. The number of β-lactam (4-membered cyclic amide) rings is 1. The molecule has 6 nitrogen and oxygen atoms in total. The predicted molar refractivity (Wildman–Crippen MR) is 79.1 cm³/mol. The Morgan fingerprint density at radius 3 is 3.00 bits per heavy atom. The zero-order valence-electron chi connectivity index (χ0n) is 13.3. The van der Waals surface area contributed by atoms with Gasteiger partial charge in [0.05, 0.1) is 26.2 Å². The molecule has 1 aromatic heterocycles. The lowest BCUT2D eigenvalue weighted by molar-refractivity contribution is -0.157. The lowest BCUT2D eigenvalue weighted by Gasteiger charge is -2.45. The molecule has 1 saturated heterocycles. The van der Waals surface area contributed by atoms with Crippen molar-refractivity contribution in [1.82, 2.24) is 9.80 Å². The van der Waals surface area contributed by atoms with Crippen LogP contribution in [0.2, 0.25) is 0 Å². The summed E-state index contributed by atoms with van der Waals surface area (Å²) in [6, 6.07) is 2.15. The molecule has 1 saturated carbocycles. The molecule has 2 heterocycles. The van der Waals surface area contributed by atoms with E-state index < -0.39 is 0 Å². The number of carbonyl (C=O) groups is 2. The number of ether oxygens (including phenoxy) is 1. The molecule has 0 N–H and O–H groups in total. The first-order chi connectivity index (χ1) is 10.5. The number of nitrogens with zero attached hydrogens (tertiary/aromatic N) is 2. The monoisotopic (exact) mass is 306 g/mol. The molecule has 0 unspecified atom stereocenters. The number of fused-ring (bicyclic) bond motifs is 1. The van der Waals surface area contributed by atoms with E-state index in [4.69, 9.17) is 9.15 Å². The summed E-state index contributed by atoms with van der Waals surface area (Å²) in [7, 11) is 3.30. The molecule has 0 spiro atoms. The first-order valence-corrected chi connectivity index (χ1v) is 7.68. The van der Waals surface area contributed by atoms with Crippen molar-refractivity contribution in [3.05, 3.63) is 23.2 Å². The van der Waals surface area contributed by atoms with Gasteiger partial charge in [0.2, 0.25) is 5.91 Å². The highest BCUT2D eigenvalue weighted by molar-refractivity contribution is 5.90. The summed E-state index contributed by atoms with van der Waals surface area (Å²) in [5, 5.41) is 0. The van der Waals surface area contributed by atoms with E-state index in [1.54, 1.807) is 13.0 Å². The van der Waals surface area contributed by atoms with E-state index in [9.17, 15) is 9.59 Å². The highest BCUT2D eigenvalue weighted by Gasteiger charge is 2.49. The van der Waals surface area contributed by atoms with Crippen molar-refractivity contribution in [3.8, 4) is 0 Å². The molecule has 0 aromatic carbocycles. The Morgan fingerprint density at radius 2 is 2.27 bits per heavy atom. The maximum absolute atomic E-state index is 12.0. The van der Waals surface area contributed by atoms with Gasteiger partial charge < -0.3 is 14.1 Å². The van der Waals surface area contributed by atoms with Gasteiger partial charge in [-0.1, -0.05) is 6.42 Å². The maximum Gasteiger partial charge on any atom is 0.341 e. The molecule has 1 aliphatic heterocycles. The van der Waals surface area contributed by atoms with Gasteiger partial charge in [-0.15, -0.1) is 0 Å². The van der Waals surface area contributed by atoms with Gasteiger partial charge in [-0.3, -0.25) is 9.69 Å². The number of rotatable bonds is 5. The Bertz CT molecular complexity index is 595. The van der Waals surface area contributed by atoms with Crippen LogP contribution in [0.1, 0.15) is 41.1 Å². The number of hydrogen-bond donors (Lipinski definition) is 0. The summed E-state index contributed by atoms with van der Waals surface area (Å²) in [6.45, 7) is 2.91. The molecule has 6 heteroatoms.